The zero-order valence-electron chi connectivity index (χ0n) is 8.45. The Labute approximate surface area is 91.4 Å². The second-order valence-electron chi connectivity index (χ2n) is 2.95. The molecule has 6 heteroatoms. The maximum atomic E-state index is 11.8. The van der Waals surface area contributed by atoms with Gasteiger partial charge in [0.2, 0.25) is 0 Å². The molecule has 0 aliphatic carbocycles. The second kappa shape index (κ2) is 6.02. The van der Waals surface area contributed by atoms with Crippen LogP contribution in [-0.2, 0) is 0 Å². The Bertz CT molecular complexity index is 341. The first-order valence-corrected chi connectivity index (χ1v) is 4.66. The van der Waals surface area contributed by atoms with Crippen molar-refractivity contribution >= 4 is 5.91 Å². The quantitative estimate of drug-likeness (QED) is 0.792. The maximum Gasteiger partial charge on any atom is 0.387 e. The van der Waals surface area contributed by atoms with E-state index in [1.807, 2.05) is 0 Å². The van der Waals surface area contributed by atoms with Crippen LogP contribution < -0.4 is 15.8 Å². The molecule has 0 aliphatic heterocycles. The molecule has 16 heavy (non-hydrogen) atoms. The van der Waals surface area contributed by atoms with Crippen molar-refractivity contribution in [3.8, 4) is 5.75 Å². The zero-order valence-corrected chi connectivity index (χ0v) is 8.45. The van der Waals surface area contributed by atoms with Crippen molar-refractivity contribution in [2.75, 3.05) is 13.1 Å². The molecular weight excluding hydrogens is 218 g/mol. The third-order valence-corrected chi connectivity index (χ3v) is 1.77. The van der Waals surface area contributed by atoms with Crippen LogP contribution in [0.4, 0.5) is 8.78 Å². The van der Waals surface area contributed by atoms with E-state index >= 15 is 0 Å². The number of benzene rings is 1. The van der Waals surface area contributed by atoms with Crippen LogP contribution in [0.1, 0.15) is 10.4 Å². The number of hydrogen-bond donors (Lipinski definition) is 2. The van der Waals surface area contributed by atoms with Gasteiger partial charge in [-0.05, 0) is 24.3 Å². The number of ether oxygens (including phenoxy) is 1. The molecule has 0 heterocycles. The van der Waals surface area contributed by atoms with E-state index in [-0.39, 0.29) is 11.7 Å². The average Bonchev–Trinajstić information content (AvgIpc) is 2.26. The molecule has 0 bridgehead atoms. The summed E-state index contributed by atoms with van der Waals surface area (Å²) in [7, 11) is 0. The highest BCUT2D eigenvalue weighted by Crippen LogP contribution is 2.14. The van der Waals surface area contributed by atoms with Crippen molar-refractivity contribution in [3.05, 3.63) is 29.8 Å². The molecule has 0 fully saturated rings. The summed E-state index contributed by atoms with van der Waals surface area (Å²) < 4.78 is 27.8. The summed E-state index contributed by atoms with van der Waals surface area (Å²) in [5.41, 5.74) is 5.59. The van der Waals surface area contributed by atoms with Crippen molar-refractivity contribution in [3.63, 3.8) is 0 Å². The third kappa shape index (κ3) is 3.82. The highest BCUT2D eigenvalue weighted by Gasteiger charge is 2.07. The highest BCUT2D eigenvalue weighted by atomic mass is 19.3. The highest BCUT2D eigenvalue weighted by molar-refractivity contribution is 5.94. The number of rotatable bonds is 5. The molecule has 3 N–H and O–H groups in total. The fraction of sp³-hybridized carbons (Fsp3) is 0.300. The summed E-state index contributed by atoms with van der Waals surface area (Å²) in [4.78, 5) is 11.4. The largest absolute Gasteiger partial charge is 0.435 e. The molecule has 0 aromatic heterocycles. The Morgan fingerprint density at radius 1 is 1.38 bits per heavy atom. The number of nitrogens with two attached hydrogens (primary N) is 1. The van der Waals surface area contributed by atoms with E-state index in [1.165, 1.54) is 24.3 Å². The summed E-state index contributed by atoms with van der Waals surface area (Å²) in [6, 6.07) is 5.43. The van der Waals surface area contributed by atoms with Gasteiger partial charge in [-0.2, -0.15) is 8.78 Å². The number of hydrogen-bond acceptors (Lipinski definition) is 3. The standard InChI is InChI=1S/C10H12F2N2O2/c11-10(12)16-8-3-1-7(2-4-8)9(15)14-6-5-13/h1-4,10H,5-6,13H2,(H,14,15). The van der Waals surface area contributed by atoms with Gasteiger partial charge in [-0.25, -0.2) is 0 Å². The van der Waals surface area contributed by atoms with Crippen LogP contribution in [0.25, 0.3) is 0 Å². The fourth-order valence-corrected chi connectivity index (χ4v) is 1.08. The predicted octanol–water partition coefficient (Wildman–Crippen LogP) is 0.976. The van der Waals surface area contributed by atoms with E-state index in [2.05, 4.69) is 10.1 Å². The van der Waals surface area contributed by atoms with Crippen molar-refractivity contribution in [1.29, 1.82) is 0 Å². The molecule has 88 valence electrons. The number of carbonyl (C=O) groups excluding carboxylic acids is 1. The van der Waals surface area contributed by atoms with Crippen LogP contribution >= 0.6 is 0 Å². The number of carbonyl (C=O) groups is 1. The number of nitrogens with one attached hydrogen (secondary N) is 1. The molecule has 0 radical (unpaired) electrons. The molecule has 1 amide bonds. The molecule has 1 aromatic rings. The second-order valence-corrected chi connectivity index (χ2v) is 2.95. The smallest absolute Gasteiger partial charge is 0.387 e. The van der Waals surface area contributed by atoms with Crippen LogP contribution in [0.5, 0.6) is 5.75 Å². The van der Waals surface area contributed by atoms with Crippen LogP contribution in [0.15, 0.2) is 24.3 Å². The fourth-order valence-electron chi connectivity index (χ4n) is 1.08. The molecule has 0 saturated heterocycles. The van der Waals surface area contributed by atoms with Gasteiger partial charge in [0.25, 0.3) is 5.91 Å². The molecule has 1 aromatic carbocycles. The summed E-state index contributed by atoms with van der Waals surface area (Å²) in [5, 5.41) is 2.56. The lowest BCUT2D eigenvalue weighted by Crippen LogP contribution is -2.28. The third-order valence-electron chi connectivity index (χ3n) is 1.77. The molecule has 1 rings (SSSR count). The van der Waals surface area contributed by atoms with Crippen LogP contribution in [0.3, 0.4) is 0 Å². The summed E-state index contributed by atoms with van der Waals surface area (Å²) in [6.45, 7) is -2.15. The first-order valence-electron chi connectivity index (χ1n) is 4.66. The van der Waals surface area contributed by atoms with E-state index in [9.17, 15) is 13.6 Å². The summed E-state index contributed by atoms with van der Waals surface area (Å²) in [6.07, 6.45) is 0. The summed E-state index contributed by atoms with van der Waals surface area (Å²) >= 11 is 0. The van der Waals surface area contributed by atoms with Gasteiger partial charge in [-0.3, -0.25) is 4.79 Å². The van der Waals surface area contributed by atoms with Gasteiger partial charge < -0.3 is 15.8 Å². The van der Waals surface area contributed by atoms with Crippen LogP contribution in [-0.4, -0.2) is 25.6 Å². The van der Waals surface area contributed by atoms with E-state index in [0.717, 1.165) is 0 Å². The Morgan fingerprint density at radius 2 is 2.00 bits per heavy atom. The van der Waals surface area contributed by atoms with Gasteiger partial charge in [-0.1, -0.05) is 0 Å². The minimum Gasteiger partial charge on any atom is -0.435 e. The lowest BCUT2D eigenvalue weighted by Gasteiger charge is -2.06. The monoisotopic (exact) mass is 230 g/mol. The molecular formula is C10H12F2N2O2. The normalized spacial score (nSPS) is 10.2. The molecule has 4 nitrogen and oxygen atoms in total. The van der Waals surface area contributed by atoms with Gasteiger partial charge in [-0.15, -0.1) is 0 Å². The van der Waals surface area contributed by atoms with Gasteiger partial charge in [0, 0.05) is 18.7 Å². The SMILES string of the molecule is NCCNC(=O)c1ccc(OC(F)F)cc1. The lowest BCUT2D eigenvalue weighted by atomic mass is 10.2. The van der Waals surface area contributed by atoms with Crippen LogP contribution in [0.2, 0.25) is 0 Å². The first kappa shape index (κ1) is 12.4. The molecule has 0 spiro atoms. The molecule has 0 unspecified atom stereocenters. The first-order chi connectivity index (χ1) is 7.63. The maximum absolute atomic E-state index is 11.8. The van der Waals surface area contributed by atoms with Gasteiger partial charge in [0.1, 0.15) is 5.75 Å². The van der Waals surface area contributed by atoms with Gasteiger partial charge in [0.15, 0.2) is 0 Å². The lowest BCUT2D eigenvalue weighted by molar-refractivity contribution is -0.0498. The van der Waals surface area contributed by atoms with E-state index in [0.29, 0.717) is 18.7 Å². The van der Waals surface area contributed by atoms with Crippen molar-refractivity contribution in [2.45, 2.75) is 6.61 Å². The van der Waals surface area contributed by atoms with Gasteiger partial charge >= 0.3 is 6.61 Å². The molecule has 0 atom stereocenters. The number of halogens is 2. The zero-order chi connectivity index (χ0) is 12.0. The van der Waals surface area contributed by atoms with E-state index in [4.69, 9.17) is 5.73 Å². The average molecular weight is 230 g/mol. The summed E-state index contributed by atoms with van der Waals surface area (Å²) in [5.74, 6) is -0.278. The minimum absolute atomic E-state index is 0.0189. The van der Waals surface area contributed by atoms with Crippen molar-refractivity contribution in [1.82, 2.24) is 5.32 Å². The van der Waals surface area contributed by atoms with Crippen LogP contribution in [0, 0.1) is 0 Å². The predicted molar refractivity (Wildman–Crippen MR) is 54.5 cm³/mol. The number of amides is 1. The molecule has 0 aliphatic rings. The topological polar surface area (TPSA) is 64.3 Å². The van der Waals surface area contributed by atoms with Crippen molar-refractivity contribution in [2.24, 2.45) is 5.73 Å². The van der Waals surface area contributed by atoms with E-state index in [1.54, 1.807) is 0 Å². The number of alkyl halides is 2. The Kier molecular flexibility index (Phi) is 4.65. The Hall–Kier alpha value is -1.69. The Morgan fingerprint density at radius 3 is 2.50 bits per heavy atom. The van der Waals surface area contributed by atoms with Gasteiger partial charge in [0.05, 0.1) is 0 Å². The Balaban J connectivity index is 2.60. The minimum atomic E-state index is -2.86. The van der Waals surface area contributed by atoms with Crippen molar-refractivity contribution < 1.29 is 18.3 Å². The van der Waals surface area contributed by atoms with E-state index < -0.39 is 6.61 Å². The molecule has 0 saturated carbocycles.